The molecule has 1 saturated carbocycles. The SMILES string of the molecule is CC1CCCCC=CC2CC12. The summed E-state index contributed by atoms with van der Waals surface area (Å²) in [6, 6.07) is 0. The molecule has 3 unspecified atom stereocenters. The minimum absolute atomic E-state index is 0.975. The zero-order valence-electron chi connectivity index (χ0n) is 7.42. The molecule has 0 radical (unpaired) electrons. The van der Waals surface area contributed by atoms with Gasteiger partial charge in [-0.15, -0.1) is 0 Å². The second kappa shape index (κ2) is 3.00. The van der Waals surface area contributed by atoms with Gasteiger partial charge < -0.3 is 0 Å². The van der Waals surface area contributed by atoms with Crippen molar-refractivity contribution in [1.82, 2.24) is 0 Å². The molecule has 0 bridgehead atoms. The van der Waals surface area contributed by atoms with E-state index in [2.05, 4.69) is 19.1 Å². The summed E-state index contributed by atoms with van der Waals surface area (Å²) in [6.07, 6.45) is 12.0. The molecule has 0 aromatic carbocycles. The summed E-state index contributed by atoms with van der Waals surface area (Å²) < 4.78 is 0. The molecule has 0 aromatic rings. The van der Waals surface area contributed by atoms with E-state index in [0.717, 1.165) is 17.8 Å². The van der Waals surface area contributed by atoms with Crippen LogP contribution in [-0.2, 0) is 0 Å². The van der Waals surface area contributed by atoms with Crippen molar-refractivity contribution in [2.45, 2.75) is 39.0 Å². The molecule has 1 fully saturated rings. The highest BCUT2D eigenvalue weighted by molar-refractivity contribution is 5.04. The number of hydrogen-bond acceptors (Lipinski definition) is 0. The number of hydrogen-bond donors (Lipinski definition) is 0. The minimum atomic E-state index is 0.975. The minimum Gasteiger partial charge on any atom is -0.0882 e. The maximum absolute atomic E-state index is 2.46. The van der Waals surface area contributed by atoms with E-state index in [0.29, 0.717) is 0 Å². The Morgan fingerprint density at radius 2 is 2.18 bits per heavy atom. The van der Waals surface area contributed by atoms with Crippen LogP contribution in [0.25, 0.3) is 0 Å². The van der Waals surface area contributed by atoms with Gasteiger partial charge in [-0.3, -0.25) is 0 Å². The van der Waals surface area contributed by atoms with Crippen molar-refractivity contribution in [3.63, 3.8) is 0 Å². The van der Waals surface area contributed by atoms with Crippen LogP contribution < -0.4 is 0 Å². The fourth-order valence-corrected chi connectivity index (χ4v) is 2.32. The average Bonchev–Trinajstić information content (AvgIpc) is 2.74. The van der Waals surface area contributed by atoms with Crippen LogP contribution in [0, 0.1) is 17.8 Å². The van der Waals surface area contributed by atoms with Gasteiger partial charge in [0.15, 0.2) is 0 Å². The summed E-state index contributed by atoms with van der Waals surface area (Å²) in [4.78, 5) is 0. The van der Waals surface area contributed by atoms with Crippen LogP contribution in [0.15, 0.2) is 12.2 Å². The monoisotopic (exact) mass is 150 g/mol. The maximum Gasteiger partial charge on any atom is -0.0199 e. The van der Waals surface area contributed by atoms with Crippen LogP contribution in [0.4, 0.5) is 0 Å². The Hall–Kier alpha value is -0.260. The third kappa shape index (κ3) is 1.66. The van der Waals surface area contributed by atoms with E-state index in [1.807, 2.05) is 0 Å². The molecule has 0 nitrogen and oxygen atoms in total. The summed E-state index contributed by atoms with van der Waals surface area (Å²) in [5.74, 6) is 3.04. The first-order chi connectivity index (χ1) is 5.38. The van der Waals surface area contributed by atoms with Gasteiger partial charge >= 0.3 is 0 Å². The zero-order chi connectivity index (χ0) is 7.68. The van der Waals surface area contributed by atoms with E-state index < -0.39 is 0 Å². The van der Waals surface area contributed by atoms with E-state index in [1.54, 1.807) is 0 Å². The molecule has 2 aliphatic rings. The molecule has 62 valence electrons. The summed E-state index contributed by atoms with van der Waals surface area (Å²) in [5, 5.41) is 0. The lowest BCUT2D eigenvalue weighted by Gasteiger charge is -2.07. The molecule has 2 aliphatic carbocycles. The van der Waals surface area contributed by atoms with Gasteiger partial charge in [-0.05, 0) is 37.0 Å². The Balaban J connectivity index is 1.95. The van der Waals surface area contributed by atoms with Crippen LogP contribution in [0.2, 0.25) is 0 Å². The van der Waals surface area contributed by atoms with Gasteiger partial charge in [0, 0.05) is 0 Å². The molecule has 0 N–H and O–H groups in total. The highest BCUT2D eigenvalue weighted by Crippen LogP contribution is 2.47. The Kier molecular flexibility index (Phi) is 2.02. The van der Waals surface area contributed by atoms with E-state index in [4.69, 9.17) is 0 Å². The smallest absolute Gasteiger partial charge is 0.0199 e. The third-order valence-corrected chi connectivity index (χ3v) is 3.29. The van der Waals surface area contributed by atoms with Crippen molar-refractivity contribution in [2.75, 3.05) is 0 Å². The Bertz CT molecular complexity index is 157. The maximum atomic E-state index is 2.46. The lowest BCUT2D eigenvalue weighted by molar-refractivity contribution is 0.439. The molecule has 0 amide bonds. The predicted octanol–water partition coefficient (Wildman–Crippen LogP) is 3.39. The van der Waals surface area contributed by atoms with Crippen LogP contribution in [-0.4, -0.2) is 0 Å². The molecular formula is C11H18. The lowest BCUT2D eigenvalue weighted by atomic mass is 9.98. The van der Waals surface area contributed by atoms with Crippen LogP contribution in [0.1, 0.15) is 39.0 Å². The largest absolute Gasteiger partial charge is 0.0882 e. The molecule has 11 heavy (non-hydrogen) atoms. The van der Waals surface area contributed by atoms with Crippen LogP contribution >= 0.6 is 0 Å². The van der Waals surface area contributed by atoms with Crippen molar-refractivity contribution in [2.24, 2.45) is 17.8 Å². The molecular weight excluding hydrogens is 132 g/mol. The Morgan fingerprint density at radius 1 is 1.27 bits per heavy atom. The van der Waals surface area contributed by atoms with Gasteiger partial charge in [0.05, 0.1) is 0 Å². The normalized spacial score (nSPS) is 43.5. The Labute approximate surface area is 69.7 Å². The summed E-state index contributed by atoms with van der Waals surface area (Å²) >= 11 is 0. The van der Waals surface area contributed by atoms with Crippen LogP contribution in [0.5, 0.6) is 0 Å². The van der Waals surface area contributed by atoms with Gasteiger partial charge in [0.2, 0.25) is 0 Å². The van der Waals surface area contributed by atoms with Crippen molar-refractivity contribution < 1.29 is 0 Å². The van der Waals surface area contributed by atoms with E-state index in [1.165, 1.54) is 32.1 Å². The number of allylic oxidation sites excluding steroid dienone is 2. The topological polar surface area (TPSA) is 0 Å². The van der Waals surface area contributed by atoms with Gasteiger partial charge in [0.1, 0.15) is 0 Å². The average molecular weight is 150 g/mol. The van der Waals surface area contributed by atoms with Crippen molar-refractivity contribution in [3.05, 3.63) is 12.2 Å². The van der Waals surface area contributed by atoms with Gasteiger partial charge in [0.25, 0.3) is 0 Å². The second-order valence-corrected chi connectivity index (χ2v) is 4.25. The molecule has 3 atom stereocenters. The number of rotatable bonds is 0. The Morgan fingerprint density at radius 3 is 3.09 bits per heavy atom. The summed E-state index contributed by atoms with van der Waals surface area (Å²) in [7, 11) is 0. The molecule has 0 aliphatic heterocycles. The van der Waals surface area contributed by atoms with Crippen molar-refractivity contribution in [3.8, 4) is 0 Å². The summed E-state index contributed by atoms with van der Waals surface area (Å²) in [5.41, 5.74) is 0. The number of fused-ring (bicyclic) bond motifs is 1. The van der Waals surface area contributed by atoms with E-state index in [9.17, 15) is 0 Å². The molecule has 0 spiro atoms. The first-order valence-corrected chi connectivity index (χ1v) is 5.04. The molecule has 0 saturated heterocycles. The summed E-state index contributed by atoms with van der Waals surface area (Å²) in [6.45, 7) is 2.43. The molecule has 0 heterocycles. The predicted molar refractivity (Wildman–Crippen MR) is 48.4 cm³/mol. The molecule has 0 aromatic heterocycles. The molecule has 0 heteroatoms. The van der Waals surface area contributed by atoms with Crippen molar-refractivity contribution in [1.29, 1.82) is 0 Å². The fraction of sp³-hybridized carbons (Fsp3) is 0.818. The first-order valence-electron chi connectivity index (χ1n) is 5.04. The van der Waals surface area contributed by atoms with E-state index in [-0.39, 0.29) is 0 Å². The highest BCUT2D eigenvalue weighted by Gasteiger charge is 2.38. The fourth-order valence-electron chi connectivity index (χ4n) is 2.32. The van der Waals surface area contributed by atoms with Gasteiger partial charge in [-0.2, -0.15) is 0 Å². The first kappa shape index (κ1) is 7.39. The van der Waals surface area contributed by atoms with Crippen molar-refractivity contribution >= 4 is 0 Å². The second-order valence-electron chi connectivity index (χ2n) is 4.25. The standard InChI is InChI=1S/C11H18/c1-9-6-4-2-3-5-7-10-8-11(9)10/h5,7,9-11H,2-4,6,8H2,1H3. The van der Waals surface area contributed by atoms with Gasteiger partial charge in [-0.25, -0.2) is 0 Å². The van der Waals surface area contributed by atoms with Gasteiger partial charge in [-0.1, -0.05) is 31.9 Å². The third-order valence-electron chi connectivity index (χ3n) is 3.29. The van der Waals surface area contributed by atoms with Crippen LogP contribution in [0.3, 0.4) is 0 Å². The van der Waals surface area contributed by atoms with E-state index >= 15 is 0 Å². The highest BCUT2D eigenvalue weighted by atomic mass is 14.4. The molecule has 2 rings (SSSR count). The quantitative estimate of drug-likeness (QED) is 0.464. The lowest BCUT2D eigenvalue weighted by Crippen LogP contribution is -1.97. The zero-order valence-corrected chi connectivity index (χ0v) is 7.42.